The molecule has 1 fully saturated rings. The molecule has 4 heteroatoms. The van der Waals surface area contributed by atoms with Gasteiger partial charge in [0.15, 0.2) is 0 Å². The number of rotatable bonds is 4. The molecule has 0 aliphatic heterocycles. The Balaban J connectivity index is 3.02. The van der Waals surface area contributed by atoms with Gasteiger partial charge in [0.1, 0.15) is 0 Å². The molecule has 0 amide bonds. The van der Waals surface area contributed by atoms with Gasteiger partial charge in [0.05, 0.1) is 0 Å². The van der Waals surface area contributed by atoms with Crippen LogP contribution in [0.15, 0.2) is 0 Å². The minimum atomic E-state index is -2.17. The maximum absolute atomic E-state index is 6.28. The molecule has 1 atom stereocenters. The van der Waals surface area contributed by atoms with Crippen molar-refractivity contribution >= 4 is 8.56 Å². The molecular weight excluding hydrogens is 218 g/mol. The zero-order chi connectivity index (χ0) is 12.2. The SMILES string of the molecule is CO[Si](C)(OC)C1(C(C)N)CCCCCC1. The van der Waals surface area contributed by atoms with E-state index in [-0.39, 0.29) is 11.1 Å². The molecule has 2 N–H and O–H groups in total. The van der Waals surface area contributed by atoms with Crippen LogP contribution in [0, 0.1) is 0 Å². The van der Waals surface area contributed by atoms with Crippen molar-refractivity contribution in [2.24, 2.45) is 5.73 Å². The van der Waals surface area contributed by atoms with Gasteiger partial charge in [0.2, 0.25) is 0 Å². The van der Waals surface area contributed by atoms with Crippen LogP contribution in [0.4, 0.5) is 0 Å². The third-order valence-corrected chi connectivity index (χ3v) is 8.87. The Bertz CT molecular complexity index is 209. The standard InChI is InChI=1S/C12H27NO2Si/c1-11(13)12(16(4,14-2)15-3)9-7-5-6-8-10-12/h11H,5-10,13H2,1-4H3. The van der Waals surface area contributed by atoms with Gasteiger partial charge in [0, 0.05) is 25.3 Å². The fourth-order valence-corrected chi connectivity index (χ4v) is 6.24. The summed E-state index contributed by atoms with van der Waals surface area (Å²) >= 11 is 0. The van der Waals surface area contributed by atoms with E-state index in [4.69, 9.17) is 14.6 Å². The highest BCUT2D eigenvalue weighted by Crippen LogP contribution is 2.51. The molecule has 0 spiro atoms. The number of hydrogen-bond donors (Lipinski definition) is 1. The largest absolute Gasteiger partial charge is 0.397 e. The molecule has 0 aromatic carbocycles. The van der Waals surface area contributed by atoms with Crippen LogP contribution < -0.4 is 5.73 Å². The molecule has 16 heavy (non-hydrogen) atoms. The summed E-state index contributed by atoms with van der Waals surface area (Å²) < 4.78 is 11.6. The fourth-order valence-electron chi connectivity index (χ4n) is 3.17. The lowest BCUT2D eigenvalue weighted by atomic mass is 9.92. The molecule has 3 nitrogen and oxygen atoms in total. The van der Waals surface area contributed by atoms with Crippen LogP contribution in [-0.4, -0.2) is 28.8 Å². The minimum absolute atomic E-state index is 0.0903. The second kappa shape index (κ2) is 5.62. The molecule has 0 radical (unpaired) electrons. The highest BCUT2D eigenvalue weighted by molar-refractivity contribution is 6.69. The summed E-state index contributed by atoms with van der Waals surface area (Å²) in [5.74, 6) is 0. The van der Waals surface area contributed by atoms with Crippen LogP contribution >= 0.6 is 0 Å². The third kappa shape index (κ3) is 2.35. The molecule has 1 aliphatic carbocycles. The first-order valence-corrected chi connectivity index (χ1v) is 8.70. The van der Waals surface area contributed by atoms with Gasteiger partial charge in [-0.1, -0.05) is 25.7 Å². The Morgan fingerprint density at radius 1 is 1.06 bits per heavy atom. The van der Waals surface area contributed by atoms with Crippen LogP contribution in [-0.2, 0) is 8.85 Å². The molecule has 1 rings (SSSR count). The summed E-state index contributed by atoms with van der Waals surface area (Å²) in [6.45, 7) is 4.29. The van der Waals surface area contributed by atoms with Gasteiger partial charge < -0.3 is 14.6 Å². The van der Waals surface area contributed by atoms with Crippen molar-refractivity contribution < 1.29 is 8.85 Å². The zero-order valence-electron chi connectivity index (χ0n) is 11.2. The zero-order valence-corrected chi connectivity index (χ0v) is 12.2. The van der Waals surface area contributed by atoms with Crippen molar-refractivity contribution in [3.63, 3.8) is 0 Å². The second-order valence-electron chi connectivity index (χ2n) is 5.21. The summed E-state index contributed by atoms with van der Waals surface area (Å²) in [7, 11) is 1.40. The van der Waals surface area contributed by atoms with Crippen LogP contribution in [0.1, 0.15) is 45.4 Å². The van der Waals surface area contributed by atoms with Crippen LogP contribution in [0.2, 0.25) is 11.6 Å². The topological polar surface area (TPSA) is 44.5 Å². The third-order valence-electron chi connectivity index (χ3n) is 4.55. The summed E-state index contributed by atoms with van der Waals surface area (Å²) in [5, 5.41) is 0.0903. The molecule has 96 valence electrons. The molecule has 1 aliphatic rings. The van der Waals surface area contributed by atoms with E-state index in [2.05, 4.69) is 13.5 Å². The van der Waals surface area contributed by atoms with E-state index >= 15 is 0 Å². The summed E-state index contributed by atoms with van der Waals surface area (Å²) in [6.07, 6.45) is 7.50. The highest BCUT2D eigenvalue weighted by atomic mass is 28.4. The Labute approximate surface area is 101 Å². The first kappa shape index (κ1) is 14.2. The maximum atomic E-state index is 6.28. The Morgan fingerprint density at radius 2 is 1.50 bits per heavy atom. The number of nitrogens with two attached hydrogens (primary N) is 1. The van der Waals surface area contributed by atoms with Crippen LogP contribution in [0.5, 0.6) is 0 Å². The van der Waals surface area contributed by atoms with Crippen molar-refractivity contribution in [3.05, 3.63) is 0 Å². The summed E-state index contributed by atoms with van der Waals surface area (Å²) in [6, 6.07) is 0.155. The first-order chi connectivity index (χ1) is 7.52. The lowest BCUT2D eigenvalue weighted by Crippen LogP contribution is -2.56. The molecular formula is C12H27NO2Si. The Morgan fingerprint density at radius 3 is 1.81 bits per heavy atom. The van der Waals surface area contributed by atoms with E-state index < -0.39 is 8.56 Å². The molecule has 0 aromatic heterocycles. The predicted octanol–water partition coefficient (Wildman–Crippen LogP) is 2.79. The molecule has 0 heterocycles. The van der Waals surface area contributed by atoms with Crippen molar-refractivity contribution in [2.45, 2.75) is 63.1 Å². The van der Waals surface area contributed by atoms with Crippen LogP contribution in [0.25, 0.3) is 0 Å². The van der Waals surface area contributed by atoms with Gasteiger partial charge in [-0.2, -0.15) is 0 Å². The second-order valence-corrected chi connectivity index (χ2v) is 8.92. The minimum Gasteiger partial charge on any atom is -0.397 e. The van der Waals surface area contributed by atoms with Gasteiger partial charge >= 0.3 is 8.56 Å². The van der Waals surface area contributed by atoms with E-state index in [9.17, 15) is 0 Å². The van der Waals surface area contributed by atoms with Gasteiger partial charge in [-0.25, -0.2) is 0 Å². The smallest absolute Gasteiger partial charge is 0.342 e. The van der Waals surface area contributed by atoms with Gasteiger partial charge in [-0.3, -0.25) is 0 Å². The van der Waals surface area contributed by atoms with E-state index in [1.807, 2.05) is 0 Å². The number of hydrogen-bond acceptors (Lipinski definition) is 3. The van der Waals surface area contributed by atoms with E-state index in [0.29, 0.717) is 0 Å². The van der Waals surface area contributed by atoms with Crippen molar-refractivity contribution in [1.29, 1.82) is 0 Å². The fraction of sp³-hybridized carbons (Fsp3) is 1.00. The van der Waals surface area contributed by atoms with E-state index in [1.165, 1.54) is 25.7 Å². The average Bonchev–Trinajstić information content (AvgIpc) is 2.54. The molecule has 0 saturated heterocycles. The Kier molecular flexibility index (Phi) is 4.98. The summed E-state index contributed by atoms with van der Waals surface area (Å²) in [5.41, 5.74) is 6.28. The first-order valence-electron chi connectivity index (χ1n) is 6.38. The highest BCUT2D eigenvalue weighted by Gasteiger charge is 2.54. The lowest BCUT2D eigenvalue weighted by Gasteiger charge is -2.46. The van der Waals surface area contributed by atoms with Crippen LogP contribution in [0.3, 0.4) is 0 Å². The molecule has 1 saturated carbocycles. The van der Waals surface area contributed by atoms with E-state index in [0.717, 1.165) is 12.8 Å². The van der Waals surface area contributed by atoms with Gasteiger partial charge in [0.25, 0.3) is 0 Å². The normalized spacial score (nSPS) is 23.8. The predicted molar refractivity (Wildman–Crippen MR) is 69.7 cm³/mol. The maximum Gasteiger partial charge on any atom is 0.342 e. The Hall–Kier alpha value is 0.0969. The molecule has 0 aromatic rings. The monoisotopic (exact) mass is 245 g/mol. The van der Waals surface area contributed by atoms with Gasteiger partial charge in [-0.15, -0.1) is 0 Å². The quantitative estimate of drug-likeness (QED) is 0.612. The lowest BCUT2D eigenvalue weighted by molar-refractivity contribution is 0.186. The van der Waals surface area contributed by atoms with Gasteiger partial charge in [-0.05, 0) is 26.3 Å². The molecule has 1 unspecified atom stereocenters. The summed E-state index contributed by atoms with van der Waals surface area (Å²) in [4.78, 5) is 0. The average molecular weight is 245 g/mol. The van der Waals surface area contributed by atoms with Crippen molar-refractivity contribution in [3.8, 4) is 0 Å². The van der Waals surface area contributed by atoms with Crippen molar-refractivity contribution in [1.82, 2.24) is 0 Å². The van der Waals surface area contributed by atoms with Crippen molar-refractivity contribution in [2.75, 3.05) is 14.2 Å². The van der Waals surface area contributed by atoms with E-state index in [1.54, 1.807) is 14.2 Å². The molecule has 0 bridgehead atoms.